The van der Waals surface area contributed by atoms with Gasteiger partial charge in [-0.15, -0.1) is 0 Å². The molecule has 0 bridgehead atoms. The number of carboxylic acid groups (broad SMARTS) is 1. The number of carbonyl (C=O) groups is 2. The Hall–Kier alpha value is -2.15. The van der Waals surface area contributed by atoms with Crippen molar-refractivity contribution in [3.8, 4) is 5.75 Å². The van der Waals surface area contributed by atoms with Gasteiger partial charge >= 0.3 is 5.97 Å². The number of nitrogens with zero attached hydrogens (tertiary/aromatic N) is 2. The van der Waals surface area contributed by atoms with Crippen LogP contribution in [0.1, 0.15) is 10.4 Å². The minimum atomic E-state index is -0.920. The van der Waals surface area contributed by atoms with Gasteiger partial charge in [0.2, 0.25) is 0 Å². The van der Waals surface area contributed by atoms with Gasteiger partial charge in [0.1, 0.15) is 17.1 Å². The van der Waals surface area contributed by atoms with Gasteiger partial charge in [-0.3, -0.25) is 14.5 Å². The highest BCUT2D eigenvalue weighted by molar-refractivity contribution is 5.97. The van der Waals surface area contributed by atoms with Crippen LogP contribution in [0.5, 0.6) is 5.75 Å². The highest BCUT2D eigenvalue weighted by Gasteiger charge is 2.26. The fraction of sp³-hybridized carbons (Fsp3) is 0.385. The Balaban J connectivity index is 2.04. The second-order valence-electron chi connectivity index (χ2n) is 4.60. The van der Waals surface area contributed by atoms with Crippen molar-refractivity contribution in [3.63, 3.8) is 0 Å². The van der Waals surface area contributed by atoms with Crippen LogP contribution in [0.15, 0.2) is 18.2 Å². The Morgan fingerprint density at radius 3 is 2.40 bits per heavy atom. The van der Waals surface area contributed by atoms with Crippen molar-refractivity contribution < 1.29 is 24.2 Å². The van der Waals surface area contributed by atoms with Crippen molar-refractivity contribution in [1.82, 2.24) is 9.80 Å². The quantitative estimate of drug-likeness (QED) is 0.837. The van der Waals surface area contributed by atoms with E-state index in [4.69, 9.17) is 5.11 Å². The second-order valence-corrected chi connectivity index (χ2v) is 4.60. The maximum absolute atomic E-state index is 13.6. The van der Waals surface area contributed by atoms with E-state index in [-0.39, 0.29) is 17.9 Å². The topological polar surface area (TPSA) is 81.1 Å². The number of hydrogen-bond acceptors (Lipinski definition) is 4. The molecule has 20 heavy (non-hydrogen) atoms. The zero-order valence-corrected chi connectivity index (χ0v) is 10.8. The zero-order chi connectivity index (χ0) is 14.7. The third-order valence-corrected chi connectivity index (χ3v) is 3.22. The molecule has 108 valence electrons. The molecule has 0 aromatic heterocycles. The number of phenolic OH excluding ortho intramolecular Hbond substituents is 1. The van der Waals surface area contributed by atoms with Crippen LogP contribution in [0.4, 0.5) is 4.39 Å². The lowest BCUT2D eigenvalue weighted by Crippen LogP contribution is -2.50. The van der Waals surface area contributed by atoms with Gasteiger partial charge in [0.25, 0.3) is 5.91 Å². The van der Waals surface area contributed by atoms with Gasteiger partial charge in [-0.2, -0.15) is 0 Å². The molecule has 0 aliphatic carbocycles. The second kappa shape index (κ2) is 5.87. The van der Waals surface area contributed by atoms with E-state index in [1.54, 1.807) is 4.90 Å². The van der Waals surface area contributed by atoms with Gasteiger partial charge in [-0.1, -0.05) is 6.07 Å². The summed E-state index contributed by atoms with van der Waals surface area (Å²) in [6.45, 7) is 1.35. The first kappa shape index (κ1) is 14.3. The van der Waals surface area contributed by atoms with Crippen molar-refractivity contribution in [1.29, 1.82) is 0 Å². The average molecular weight is 282 g/mol. The lowest BCUT2D eigenvalue weighted by Gasteiger charge is -2.33. The monoisotopic (exact) mass is 282 g/mol. The highest BCUT2D eigenvalue weighted by Crippen LogP contribution is 2.22. The molecule has 7 heteroatoms. The summed E-state index contributed by atoms with van der Waals surface area (Å²) in [5, 5.41) is 18.3. The van der Waals surface area contributed by atoms with E-state index in [1.165, 1.54) is 17.0 Å². The molecule has 1 amide bonds. The molecule has 0 saturated carbocycles. The molecule has 1 saturated heterocycles. The van der Waals surface area contributed by atoms with Crippen LogP contribution in [-0.4, -0.2) is 64.6 Å². The third-order valence-electron chi connectivity index (χ3n) is 3.22. The van der Waals surface area contributed by atoms with Crippen molar-refractivity contribution >= 4 is 11.9 Å². The summed E-state index contributed by atoms with van der Waals surface area (Å²) in [6.07, 6.45) is 0. The van der Waals surface area contributed by atoms with Crippen LogP contribution in [0.2, 0.25) is 0 Å². The van der Waals surface area contributed by atoms with E-state index in [0.29, 0.717) is 26.2 Å². The molecule has 0 atom stereocenters. The van der Waals surface area contributed by atoms with Gasteiger partial charge in [-0.25, -0.2) is 4.39 Å². The summed E-state index contributed by atoms with van der Waals surface area (Å²) in [5.74, 6) is -2.64. The number of piperazine rings is 1. The molecule has 1 aliphatic heterocycles. The van der Waals surface area contributed by atoms with Crippen LogP contribution < -0.4 is 0 Å². The highest BCUT2D eigenvalue weighted by atomic mass is 19.1. The summed E-state index contributed by atoms with van der Waals surface area (Å²) in [7, 11) is 0. The van der Waals surface area contributed by atoms with E-state index in [9.17, 15) is 19.1 Å². The minimum Gasteiger partial charge on any atom is -0.507 e. The van der Waals surface area contributed by atoms with E-state index in [2.05, 4.69) is 0 Å². The lowest BCUT2D eigenvalue weighted by molar-refractivity contribution is -0.138. The van der Waals surface area contributed by atoms with Gasteiger partial charge < -0.3 is 15.1 Å². The van der Waals surface area contributed by atoms with Gasteiger partial charge in [0, 0.05) is 26.2 Å². The molecule has 2 rings (SSSR count). The van der Waals surface area contributed by atoms with Crippen molar-refractivity contribution in [3.05, 3.63) is 29.6 Å². The van der Waals surface area contributed by atoms with Gasteiger partial charge in [0.05, 0.1) is 6.54 Å². The van der Waals surface area contributed by atoms with Crippen LogP contribution in [-0.2, 0) is 4.79 Å². The number of benzene rings is 1. The summed E-state index contributed by atoms with van der Waals surface area (Å²) < 4.78 is 13.6. The fourth-order valence-electron chi connectivity index (χ4n) is 2.18. The number of amides is 1. The molecule has 0 spiro atoms. The maximum Gasteiger partial charge on any atom is 0.317 e. The Bertz CT molecular complexity index is 507. The lowest BCUT2D eigenvalue weighted by atomic mass is 10.1. The van der Waals surface area contributed by atoms with E-state index < -0.39 is 17.7 Å². The number of carboxylic acids is 1. The fourth-order valence-corrected chi connectivity index (χ4v) is 2.18. The minimum absolute atomic E-state index is 0.0764. The van der Waals surface area contributed by atoms with Crippen LogP contribution >= 0.6 is 0 Å². The maximum atomic E-state index is 13.6. The van der Waals surface area contributed by atoms with E-state index in [0.717, 1.165) is 6.07 Å². The van der Waals surface area contributed by atoms with Crippen LogP contribution in [0.25, 0.3) is 0 Å². The summed E-state index contributed by atoms with van der Waals surface area (Å²) in [4.78, 5) is 25.9. The zero-order valence-electron chi connectivity index (χ0n) is 10.8. The summed E-state index contributed by atoms with van der Waals surface area (Å²) in [5.41, 5.74) is -0.334. The summed E-state index contributed by atoms with van der Waals surface area (Å²) in [6, 6.07) is 3.71. The largest absolute Gasteiger partial charge is 0.507 e. The Morgan fingerprint density at radius 2 is 1.85 bits per heavy atom. The standard InChI is InChI=1S/C13H15FN2O4/c14-9-2-1-3-10(17)12(9)13(20)16-6-4-15(5-7-16)8-11(18)19/h1-3,17H,4-8H2,(H,18,19). The molecule has 0 radical (unpaired) electrons. The van der Waals surface area contributed by atoms with E-state index in [1.807, 2.05) is 0 Å². The number of hydrogen-bond donors (Lipinski definition) is 2. The SMILES string of the molecule is O=C(O)CN1CCN(C(=O)c2c(O)cccc2F)CC1. The summed E-state index contributed by atoms with van der Waals surface area (Å²) >= 11 is 0. The Kier molecular flexibility index (Phi) is 4.19. The first-order valence-electron chi connectivity index (χ1n) is 6.20. The molecule has 1 aromatic carbocycles. The van der Waals surface area contributed by atoms with Crippen molar-refractivity contribution in [2.24, 2.45) is 0 Å². The Labute approximate surface area is 115 Å². The molecule has 1 fully saturated rings. The first-order chi connectivity index (χ1) is 9.49. The Morgan fingerprint density at radius 1 is 1.20 bits per heavy atom. The molecular formula is C13H15FN2O4. The number of phenols is 1. The molecule has 6 nitrogen and oxygen atoms in total. The molecule has 1 aliphatic rings. The van der Waals surface area contributed by atoms with Crippen molar-refractivity contribution in [2.75, 3.05) is 32.7 Å². The van der Waals surface area contributed by atoms with Gasteiger partial charge in [0.15, 0.2) is 0 Å². The number of aromatic hydroxyl groups is 1. The third kappa shape index (κ3) is 3.05. The van der Waals surface area contributed by atoms with Crippen LogP contribution in [0, 0.1) is 5.82 Å². The van der Waals surface area contributed by atoms with Gasteiger partial charge in [-0.05, 0) is 12.1 Å². The number of rotatable bonds is 3. The van der Waals surface area contributed by atoms with Crippen molar-refractivity contribution in [2.45, 2.75) is 0 Å². The van der Waals surface area contributed by atoms with E-state index >= 15 is 0 Å². The normalized spacial score (nSPS) is 16.1. The molecule has 2 N–H and O–H groups in total. The number of carbonyl (C=O) groups excluding carboxylic acids is 1. The predicted octanol–water partition coefficient (Wildman–Crippen LogP) is 0.374. The predicted molar refractivity (Wildman–Crippen MR) is 68.0 cm³/mol. The average Bonchev–Trinajstić information content (AvgIpc) is 2.38. The smallest absolute Gasteiger partial charge is 0.317 e. The first-order valence-corrected chi connectivity index (χ1v) is 6.20. The molecule has 1 heterocycles. The molecular weight excluding hydrogens is 267 g/mol. The molecule has 0 unspecified atom stereocenters. The number of aliphatic carboxylic acids is 1. The van der Waals surface area contributed by atoms with Crippen LogP contribution in [0.3, 0.4) is 0 Å². The number of halogens is 1. The molecule has 1 aromatic rings.